The minimum absolute atomic E-state index is 0.256. The number of hydrogen-bond donors (Lipinski definition) is 2. The molecule has 6 heteroatoms. The summed E-state index contributed by atoms with van der Waals surface area (Å²) < 4.78 is 15.1. The molecule has 1 aromatic carbocycles. The predicted octanol–water partition coefficient (Wildman–Crippen LogP) is 2.49. The number of carbonyl (C=O) groups is 1. The highest BCUT2D eigenvalue weighted by Crippen LogP contribution is 2.22. The number of thiophene rings is 1. The molecular weight excluding hydrogens is 277 g/mol. The van der Waals surface area contributed by atoms with Gasteiger partial charge in [-0.25, -0.2) is 10.2 Å². The lowest BCUT2D eigenvalue weighted by Crippen LogP contribution is -2.30. The van der Waals surface area contributed by atoms with Crippen molar-refractivity contribution in [1.29, 1.82) is 0 Å². The summed E-state index contributed by atoms with van der Waals surface area (Å²) in [7, 11) is 0. The summed E-state index contributed by atoms with van der Waals surface area (Å²) in [5, 5.41) is 2.69. The Balaban J connectivity index is 1.98. The van der Waals surface area contributed by atoms with Crippen molar-refractivity contribution in [3.05, 3.63) is 58.2 Å². The maximum Gasteiger partial charge on any atom is 0.275 e. The summed E-state index contributed by atoms with van der Waals surface area (Å²) in [6.07, 6.45) is 1.88. The molecule has 3 N–H and O–H groups in total. The van der Waals surface area contributed by atoms with E-state index in [1.165, 1.54) is 23.5 Å². The van der Waals surface area contributed by atoms with Gasteiger partial charge in [0.1, 0.15) is 5.82 Å². The van der Waals surface area contributed by atoms with E-state index in [1.807, 2.05) is 28.3 Å². The maximum absolute atomic E-state index is 13.2. The van der Waals surface area contributed by atoms with Crippen molar-refractivity contribution >= 4 is 28.1 Å². The lowest BCUT2D eigenvalue weighted by molar-refractivity contribution is 0.0957. The van der Waals surface area contributed by atoms with Crippen LogP contribution >= 0.6 is 11.3 Å². The molecule has 0 aliphatic heterocycles. The minimum Gasteiger partial charge on any atom is -0.343 e. The average Bonchev–Trinajstić information content (AvgIpc) is 3.05. The number of fused-ring (bicyclic) bond motifs is 1. The second-order valence-electron chi connectivity index (χ2n) is 4.40. The molecule has 0 bridgehead atoms. The average molecular weight is 289 g/mol. The van der Waals surface area contributed by atoms with E-state index in [-0.39, 0.29) is 11.7 Å². The van der Waals surface area contributed by atoms with Crippen LogP contribution in [0.2, 0.25) is 0 Å². The summed E-state index contributed by atoms with van der Waals surface area (Å²) >= 11 is 1.35. The fraction of sp³-hybridized carbons (Fsp3) is 0.0714. The normalized spacial score (nSPS) is 10.9. The number of nitrogens with one attached hydrogen (secondary N) is 1. The van der Waals surface area contributed by atoms with Gasteiger partial charge in [-0.05, 0) is 41.3 Å². The molecule has 0 aliphatic carbocycles. The summed E-state index contributed by atoms with van der Waals surface area (Å²) in [4.78, 5) is 12.2. The zero-order valence-electron chi connectivity index (χ0n) is 10.5. The van der Waals surface area contributed by atoms with Gasteiger partial charge in [-0.15, -0.1) is 11.3 Å². The largest absolute Gasteiger partial charge is 0.343 e. The maximum atomic E-state index is 13.2. The molecule has 0 atom stereocenters. The number of nitrogen functional groups attached to an aromatic ring is 1. The Morgan fingerprint density at radius 3 is 3.00 bits per heavy atom. The number of hydrogen-bond acceptors (Lipinski definition) is 3. The quantitative estimate of drug-likeness (QED) is 0.442. The van der Waals surface area contributed by atoms with Gasteiger partial charge in [0.25, 0.3) is 5.91 Å². The molecule has 0 unspecified atom stereocenters. The van der Waals surface area contributed by atoms with Crippen LogP contribution in [0, 0.1) is 5.82 Å². The van der Waals surface area contributed by atoms with Gasteiger partial charge in [-0.1, -0.05) is 0 Å². The lowest BCUT2D eigenvalue weighted by atomic mass is 10.2. The second-order valence-corrected chi connectivity index (χ2v) is 5.31. The molecule has 2 heterocycles. The van der Waals surface area contributed by atoms with Gasteiger partial charge in [0, 0.05) is 23.6 Å². The van der Waals surface area contributed by atoms with Crippen LogP contribution in [0.3, 0.4) is 0 Å². The minimum atomic E-state index is -0.294. The van der Waals surface area contributed by atoms with Crippen LogP contribution in [0.5, 0.6) is 0 Å². The van der Waals surface area contributed by atoms with Crippen molar-refractivity contribution < 1.29 is 9.18 Å². The van der Waals surface area contributed by atoms with Gasteiger partial charge in [-0.2, -0.15) is 0 Å². The number of rotatable bonds is 3. The van der Waals surface area contributed by atoms with E-state index in [0.717, 1.165) is 16.5 Å². The lowest BCUT2D eigenvalue weighted by Gasteiger charge is -2.06. The second kappa shape index (κ2) is 5.07. The van der Waals surface area contributed by atoms with E-state index < -0.39 is 0 Å². The fourth-order valence-electron chi connectivity index (χ4n) is 2.22. The van der Waals surface area contributed by atoms with Gasteiger partial charge in [0.05, 0.1) is 4.88 Å². The molecule has 0 spiro atoms. The predicted molar refractivity (Wildman–Crippen MR) is 77.0 cm³/mol. The van der Waals surface area contributed by atoms with E-state index in [1.54, 1.807) is 6.07 Å². The molecule has 0 radical (unpaired) electrons. The van der Waals surface area contributed by atoms with Gasteiger partial charge >= 0.3 is 0 Å². The third-order valence-electron chi connectivity index (χ3n) is 3.16. The Hall–Kier alpha value is -2.18. The summed E-state index contributed by atoms with van der Waals surface area (Å²) in [6.45, 7) is 0.543. The Bertz CT molecular complexity index is 778. The monoisotopic (exact) mass is 289 g/mol. The van der Waals surface area contributed by atoms with Gasteiger partial charge < -0.3 is 4.57 Å². The summed E-state index contributed by atoms with van der Waals surface area (Å²) in [5.74, 6) is 4.62. The zero-order chi connectivity index (χ0) is 14.1. The van der Waals surface area contributed by atoms with Crippen LogP contribution in [-0.2, 0) is 6.54 Å². The number of hydrazine groups is 1. The van der Waals surface area contributed by atoms with E-state index >= 15 is 0 Å². The highest BCUT2D eigenvalue weighted by Gasteiger charge is 2.13. The SMILES string of the molecule is NNC(=O)c1sccc1Cn1ccc2cc(F)ccc21. The molecule has 2 aromatic heterocycles. The number of aromatic nitrogens is 1. The highest BCUT2D eigenvalue weighted by molar-refractivity contribution is 7.12. The molecule has 20 heavy (non-hydrogen) atoms. The van der Waals surface area contributed by atoms with Crippen molar-refractivity contribution in [3.63, 3.8) is 0 Å². The van der Waals surface area contributed by atoms with E-state index in [2.05, 4.69) is 5.43 Å². The summed E-state index contributed by atoms with van der Waals surface area (Å²) in [6, 6.07) is 8.41. The van der Waals surface area contributed by atoms with Crippen molar-refractivity contribution in [1.82, 2.24) is 9.99 Å². The molecule has 4 nitrogen and oxygen atoms in total. The van der Waals surface area contributed by atoms with Crippen LogP contribution in [0.15, 0.2) is 41.9 Å². The van der Waals surface area contributed by atoms with Crippen molar-refractivity contribution in [2.24, 2.45) is 5.84 Å². The number of halogens is 1. The Labute approximate surface area is 118 Å². The van der Waals surface area contributed by atoms with E-state index in [0.29, 0.717) is 11.4 Å². The first-order valence-electron chi connectivity index (χ1n) is 6.01. The van der Waals surface area contributed by atoms with Crippen LogP contribution < -0.4 is 11.3 Å². The number of nitrogens with zero attached hydrogens (tertiary/aromatic N) is 1. The third-order valence-corrected chi connectivity index (χ3v) is 4.11. The molecule has 3 rings (SSSR count). The standard InChI is InChI=1S/C14H12FN3OS/c15-11-1-2-12-9(7-11)3-5-18(12)8-10-4-6-20-13(10)14(19)17-16/h1-7H,8,16H2,(H,17,19). The molecular formula is C14H12FN3OS. The Kier molecular flexibility index (Phi) is 3.25. The Morgan fingerprint density at radius 2 is 2.20 bits per heavy atom. The number of benzene rings is 1. The number of carbonyl (C=O) groups excluding carboxylic acids is 1. The molecule has 0 aliphatic rings. The molecule has 102 valence electrons. The first-order chi connectivity index (χ1) is 9.69. The molecule has 0 saturated heterocycles. The number of amides is 1. The topological polar surface area (TPSA) is 60.0 Å². The third kappa shape index (κ3) is 2.19. The van der Waals surface area contributed by atoms with E-state index in [9.17, 15) is 9.18 Å². The highest BCUT2D eigenvalue weighted by atomic mass is 32.1. The molecule has 0 fully saturated rings. The first-order valence-corrected chi connectivity index (χ1v) is 6.88. The summed E-state index contributed by atoms with van der Waals surface area (Å²) in [5.41, 5.74) is 3.96. The van der Waals surface area contributed by atoms with Crippen molar-refractivity contribution in [2.45, 2.75) is 6.54 Å². The zero-order valence-corrected chi connectivity index (χ0v) is 11.3. The van der Waals surface area contributed by atoms with Crippen LogP contribution in [-0.4, -0.2) is 10.5 Å². The van der Waals surface area contributed by atoms with Crippen LogP contribution in [0.1, 0.15) is 15.2 Å². The van der Waals surface area contributed by atoms with Crippen molar-refractivity contribution in [3.8, 4) is 0 Å². The first kappa shape index (κ1) is 12.8. The van der Waals surface area contributed by atoms with E-state index in [4.69, 9.17) is 5.84 Å². The van der Waals surface area contributed by atoms with Gasteiger partial charge in [-0.3, -0.25) is 10.2 Å². The molecule has 0 saturated carbocycles. The number of nitrogens with two attached hydrogens (primary N) is 1. The van der Waals surface area contributed by atoms with Gasteiger partial charge in [0.2, 0.25) is 0 Å². The van der Waals surface area contributed by atoms with Gasteiger partial charge in [0.15, 0.2) is 0 Å². The molecule has 1 amide bonds. The fourth-order valence-corrected chi connectivity index (χ4v) is 3.04. The smallest absolute Gasteiger partial charge is 0.275 e. The Morgan fingerprint density at radius 1 is 1.35 bits per heavy atom. The van der Waals surface area contributed by atoms with Crippen molar-refractivity contribution in [2.75, 3.05) is 0 Å². The van der Waals surface area contributed by atoms with Crippen LogP contribution in [0.25, 0.3) is 10.9 Å². The van der Waals surface area contributed by atoms with Crippen LogP contribution in [0.4, 0.5) is 4.39 Å². The molecule has 3 aromatic rings.